The van der Waals surface area contributed by atoms with Crippen molar-refractivity contribution in [1.82, 2.24) is 5.32 Å². The van der Waals surface area contributed by atoms with Gasteiger partial charge in [-0.1, -0.05) is 41.5 Å². The van der Waals surface area contributed by atoms with Crippen LogP contribution >= 0.6 is 11.8 Å². The van der Waals surface area contributed by atoms with Gasteiger partial charge in [0.05, 0.1) is 7.11 Å². The number of ether oxygens (including phenoxy) is 1. The smallest absolute Gasteiger partial charge is 0.339 e. The zero-order valence-electron chi connectivity index (χ0n) is 11.7. The molecule has 0 bridgehead atoms. The van der Waals surface area contributed by atoms with E-state index in [2.05, 4.69) is 5.32 Å². The molecule has 0 aromatic heterocycles. The molecule has 5 heteroatoms. The third kappa shape index (κ3) is 6.56. The molecule has 4 nitrogen and oxygen atoms in total. The predicted molar refractivity (Wildman–Crippen MR) is 70.7 cm³/mol. The van der Waals surface area contributed by atoms with E-state index in [-0.39, 0.29) is 10.7 Å². The number of carbonyl (C=O) groups is 2. The summed E-state index contributed by atoms with van der Waals surface area (Å²) < 4.78 is 4.56. The Hall–Kier alpha value is -0.710. The number of methoxy groups -OCH3 is 1. The third-order valence-electron chi connectivity index (χ3n) is 1.83. The molecule has 0 rings (SSSR count). The number of hydrogen-bond donors (Lipinski definition) is 1. The molecule has 0 fully saturated rings. The molecule has 0 radical (unpaired) electrons. The molecule has 0 aromatic rings. The van der Waals surface area contributed by atoms with Crippen molar-refractivity contribution >= 4 is 23.6 Å². The van der Waals surface area contributed by atoms with Crippen LogP contribution in [0, 0.1) is 5.41 Å². The number of hydrogen-bond acceptors (Lipinski definition) is 4. The second-order valence-electron chi connectivity index (χ2n) is 5.86. The first-order valence-electron chi connectivity index (χ1n) is 5.54. The van der Waals surface area contributed by atoms with E-state index in [9.17, 15) is 9.59 Å². The highest BCUT2D eigenvalue weighted by Gasteiger charge is 2.31. The van der Waals surface area contributed by atoms with E-state index in [1.54, 1.807) is 20.8 Å². The van der Waals surface area contributed by atoms with Gasteiger partial charge >= 0.3 is 5.97 Å². The minimum Gasteiger partial charge on any atom is -0.467 e. The highest BCUT2D eigenvalue weighted by Crippen LogP contribution is 2.28. The van der Waals surface area contributed by atoms with Crippen LogP contribution in [0.2, 0.25) is 0 Å². The van der Waals surface area contributed by atoms with E-state index >= 15 is 0 Å². The van der Waals surface area contributed by atoms with Gasteiger partial charge in [0.2, 0.25) is 5.91 Å². The van der Waals surface area contributed by atoms with Crippen molar-refractivity contribution in [3.8, 4) is 0 Å². The molecular weight excluding hydrogens is 238 g/mol. The Morgan fingerprint density at radius 3 is 1.88 bits per heavy atom. The van der Waals surface area contributed by atoms with E-state index < -0.39 is 16.8 Å². The van der Waals surface area contributed by atoms with Gasteiger partial charge < -0.3 is 10.1 Å². The van der Waals surface area contributed by atoms with Crippen molar-refractivity contribution in [3.05, 3.63) is 0 Å². The summed E-state index contributed by atoms with van der Waals surface area (Å²) in [6.07, 6.45) is 0. The van der Waals surface area contributed by atoms with Gasteiger partial charge in [0, 0.05) is 10.2 Å². The fourth-order valence-corrected chi connectivity index (χ4v) is 2.00. The maximum Gasteiger partial charge on any atom is 0.339 e. The normalized spacial score (nSPS) is 14.1. The molecule has 1 amide bonds. The van der Waals surface area contributed by atoms with Gasteiger partial charge in [-0.15, -0.1) is 11.8 Å². The number of rotatable bonds is 3. The highest BCUT2D eigenvalue weighted by molar-refractivity contribution is 8.01. The molecule has 0 aliphatic carbocycles. The van der Waals surface area contributed by atoms with Crippen LogP contribution in [-0.4, -0.2) is 29.1 Å². The molecule has 0 saturated heterocycles. The largest absolute Gasteiger partial charge is 0.467 e. The SMILES string of the molecule is COC(=O)C(NC(=O)C(C)(C)C)SC(C)(C)C. The molecule has 0 aromatic carbocycles. The van der Waals surface area contributed by atoms with Crippen LogP contribution in [0.5, 0.6) is 0 Å². The van der Waals surface area contributed by atoms with Crippen LogP contribution in [0.3, 0.4) is 0 Å². The summed E-state index contributed by atoms with van der Waals surface area (Å²) in [5.41, 5.74) is -0.523. The number of nitrogens with one attached hydrogen (secondary N) is 1. The van der Waals surface area contributed by atoms with Crippen molar-refractivity contribution in [2.75, 3.05) is 7.11 Å². The fourth-order valence-electron chi connectivity index (χ4n) is 0.933. The Labute approximate surface area is 108 Å². The monoisotopic (exact) mass is 261 g/mol. The van der Waals surface area contributed by atoms with Gasteiger partial charge in [0.15, 0.2) is 5.37 Å². The van der Waals surface area contributed by atoms with E-state index in [1.165, 1.54) is 18.9 Å². The number of thioether (sulfide) groups is 1. The maximum atomic E-state index is 11.8. The Balaban J connectivity index is 4.73. The summed E-state index contributed by atoms with van der Waals surface area (Å²) in [6, 6.07) is 0. The standard InChI is InChI=1S/C12H23NO3S/c1-11(2,3)10(15)13-8(9(14)16-7)17-12(4,5)6/h8H,1-7H3,(H,13,15). The highest BCUT2D eigenvalue weighted by atomic mass is 32.2. The third-order valence-corrected chi connectivity index (χ3v) is 3.08. The predicted octanol–water partition coefficient (Wildman–Crippen LogP) is 2.18. The van der Waals surface area contributed by atoms with Crippen LogP contribution in [-0.2, 0) is 14.3 Å². The van der Waals surface area contributed by atoms with Gasteiger partial charge in [-0.05, 0) is 0 Å². The molecule has 0 aliphatic heterocycles. The van der Waals surface area contributed by atoms with Crippen molar-refractivity contribution in [2.45, 2.75) is 51.7 Å². The van der Waals surface area contributed by atoms with Gasteiger partial charge in [0.25, 0.3) is 0 Å². The van der Waals surface area contributed by atoms with Crippen molar-refractivity contribution in [2.24, 2.45) is 5.41 Å². The zero-order valence-corrected chi connectivity index (χ0v) is 12.5. The molecule has 100 valence electrons. The van der Waals surface area contributed by atoms with Crippen molar-refractivity contribution < 1.29 is 14.3 Å². The summed E-state index contributed by atoms with van der Waals surface area (Å²) in [7, 11) is 1.32. The Kier molecular flexibility index (Phi) is 5.52. The maximum absolute atomic E-state index is 11.8. The van der Waals surface area contributed by atoms with E-state index in [0.29, 0.717) is 0 Å². The van der Waals surface area contributed by atoms with Crippen LogP contribution < -0.4 is 5.32 Å². The van der Waals surface area contributed by atoms with Crippen LogP contribution in [0.25, 0.3) is 0 Å². The Morgan fingerprint density at radius 1 is 1.12 bits per heavy atom. The van der Waals surface area contributed by atoms with Crippen LogP contribution in [0.4, 0.5) is 0 Å². The van der Waals surface area contributed by atoms with Gasteiger partial charge in [-0.2, -0.15) is 0 Å². The lowest BCUT2D eigenvalue weighted by atomic mass is 9.96. The number of amides is 1. The first-order valence-corrected chi connectivity index (χ1v) is 6.42. The molecule has 1 N–H and O–H groups in total. The number of esters is 1. The number of carbonyl (C=O) groups excluding carboxylic acids is 2. The quantitative estimate of drug-likeness (QED) is 0.625. The minimum absolute atomic E-state index is 0.135. The summed E-state index contributed by atoms with van der Waals surface area (Å²) in [5.74, 6) is -0.591. The van der Waals surface area contributed by atoms with E-state index in [0.717, 1.165) is 0 Å². The van der Waals surface area contributed by atoms with Gasteiger partial charge in [-0.25, -0.2) is 4.79 Å². The Morgan fingerprint density at radius 2 is 1.59 bits per heavy atom. The van der Waals surface area contributed by atoms with Gasteiger partial charge in [0.1, 0.15) is 0 Å². The first kappa shape index (κ1) is 16.3. The molecule has 0 saturated carbocycles. The topological polar surface area (TPSA) is 55.4 Å². The summed E-state index contributed by atoms with van der Waals surface area (Å²) in [6.45, 7) is 11.4. The van der Waals surface area contributed by atoms with Crippen molar-refractivity contribution in [1.29, 1.82) is 0 Å². The van der Waals surface area contributed by atoms with E-state index in [4.69, 9.17) is 4.74 Å². The minimum atomic E-state index is -0.660. The zero-order chi connectivity index (χ0) is 13.9. The van der Waals surface area contributed by atoms with Crippen molar-refractivity contribution in [3.63, 3.8) is 0 Å². The Bertz CT molecular complexity index is 289. The van der Waals surface area contributed by atoms with E-state index in [1.807, 2.05) is 20.8 Å². The molecule has 0 heterocycles. The average Bonchev–Trinajstić information content (AvgIpc) is 2.11. The molecular formula is C12H23NO3S. The lowest BCUT2D eigenvalue weighted by molar-refractivity contribution is -0.143. The van der Waals surface area contributed by atoms with Gasteiger partial charge in [-0.3, -0.25) is 4.79 Å². The molecule has 1 atom stereocenters. The van der Waals surface area contributed by atoms with Crippen LogP contribution in [0.15, 0.2) is 0 Å². The second kappa shape index (κ2) is 5.76. The fraction of sp³-hybridized carbons (Fsp3) is 0.833. The molecule has 0 aliphatic rings. The summed E-state index contributed by atoms with van der Waals surface area (Å²) >= 11 is 1.37. The molecule has 1 unspecified atom stereocenters. The molecule has 0 spiro atoms. The summed E-state index contributed by atoms with van der Waals surface area (Å²) in [5, 5.41) is 2.05. The average molecular weight is 261 g/mol. The lowest BCUT2D eigenvalue weighted by Crippen LogP contribution is -2.45. The van der Waals surface area contributed by atoms with Crippen LogP contribution in [0.1, 0.15) is 41.5 Å². The lowest BCUT2D eigenvalue weighted by Gasteiger charge is -2.27. The molecule has 17 heavy (non-hydrogen) atoms. The second-order valence-corrected chi connectivity index (χ2v) is 7.79. The first-order chi connectivity index (χ1) is 7.47. The summed E-state index contributed by atoms with van der Waals surface area (Å²) in [4.78, 5) is 23.4.